The third-order valence-electron chi connectivity index (χ3n) is 1.59. The van der Waals surface area contributed by atoms with Crippen LogP contribution in [0.15, 0.2) is 10.5 Å². The first-order chi connectivity index (χ1) is 6.43. The number of aryl methyl sites for hydroxylation is 1. The van der Waals surface area contributed by atoms with E-state index in [9.17, 15) is 13.6 Å². The molecule has 1 aromatic heterocycles. The van der Waals surface area contributed by atoms with Gasteiger partial charge in [0.05, 0.1) is 4.47 Å². The molecule has 0 aliphatic carbocycles. The zero-order valence-corrected chi connectivity index (χ0v) is 8.68. The summed E-state index contributed by atoms with van der Waals surface area (Å²) < 4.78 is 24.7. The normalized spacial score (nSPS) is 10.6. The number of nitrogens with zero attached hydrogens (tertiary/aromatic N) is 1. The average molecular weight is 266 g/mol. The molecule has 0 unspecified atom stereocenters. The Hall–Kier alpha value is -1.04. The number of rotatable bonds is 2. The molecule has 0 spiro atoms. The fourth-order valence-corrected chi connectivity index (χ4v) is 1.31. The number of halogens is 3. The summed E-state index contributed by atoms with van der Waals surface area (Å²) in [6.45, 7) is 1.53. The fraction of sp³-hybridized carbons (Fsp3) is 0.250. The largest absolute Gasteiger partial charge is 0.476 e. The Morgan fingerprint density at radius 2 is 2.21 bits per heavy atom. The van der Waals surface area contributed by atoms with E-state index < -0.39 is 18.1 Å². The molecular formula is C8H6BrF2NO2. The molecule has 3 nitrogen and oxygen atoms in total. The predicted octanol–water partition coefficient (Wildman–Crippen LogP) is 2.79. The monoisotopic (exact) mass is 265 g/mol. The quantitative estimate of drug-likeness (QED) is 0.895. The van der Waals surface area contributed by atoms with Crippen molar-refractivity contribution in [1.29, 1.82) is 0 Å². The second kappa shape index (κ2) is 4.00. The molecule has 0 aromatic carbocycles. The average Bonchev–Trinajstić information content (AvgIpc) is 2.08. The van der Waals surface area contributed by atoms with Crippen LogP contribution < -0.4 is 0 Å². The van der Waals surface area contributed by atoms with E-state index in [2.05, 4.69) is 20.9 Å². The highest BCUT2D eigenvalue weighted by Gasteiger charge is 2.18. The number of hydrogen-bond donors (Lipinski definition) is 1. The minimum atomic E-state index is -2.76. The molecule has 0 fully saturated rings. The summed E-state index contributed by atoms with van der Waals surface area (Å²) >= 11 is 2.98. The van der Waals surface area contributed by atoms with Crippen LogP contribution in [0.1, 0.15) is 28.2 Å². The van der Waals surface area contributed by atoms with Crippen molar-refractivity contribution in [2.24, 2.45) is 0 Å². The topological polar surface area (TPSA) is 50.2 Å². The van der Waals surface area contributed by atoms with E-state index in [1.165, 1.54) is 6.92 Å². The highest BCUT2D eigenvalue weighted by atomic mass is 79.9. The van der Waals surface area contributed by atoms with Crippen molar-refractivity contribution < 1.29 is 18.7 Å². The van der Waals surface area contributed by atoms with E-state index in [-0.39, 0.29) is 10.2 Å². The Labute approximate surface area is 86.9 Å². The summed E-state index contributed by atoms with van der Waals surface area (Å²) in [5.41, 5.74) is -0.490. The van der Waals surface area contributed by atoms with Gasteiger partial charge in [-0.1, -0.05) is 0 Å². The van der Waals surface area contributed by atoms with E-state index in [4.69, 9.17) is 5.11 Å². The molecule has 76 valence electrons. The molecule has 0 bridgehead atoms. The highest BCUT2D eigenvalue weighted by molar-refractivity contribution is 9.10. The Bertz CT molecular complexity index is 382. The van der Waals surface area contributed by atoms with Gasteiger partial charge in [0.25, 0.3) is 6.43 Å². The zero-order valence-electron chi connectivity index (χ0n) is 7.09. The number of carboxylic acids is 1. The smallest absolute Gasteiger partial charge is 0.355 e. The van der Waals surface area contributed by atoms with Gasteiger partial charge >= 0.3 is 5.97 Å². The number of hydrogen-bond acceptors (Lipinski definition) is 2. The molecule has 0 radical (unpaired) electrons. The molecule has 0 saturated heterocycles. The summed E-state index contributed by atoms with van der Waals surface area (Å²) in [6, 6.07) is 1.15. The van der Waals surface area contributed by atoms with Crippen molar-refractivity contribution in [3.8, 4) is 0 Å². The lowest BCUT2D eigenvalue weighted by Gasteiger charge is -2.05. The third-order valence-corrected chi connectivity index (χ3v) is 2.59. The van der Waals surface area contributed by atoms with Gasteiger partial charge in [-0.3, -0.25) is 0 Å². The Morgan fingerprint density at radius 1 is 1.64 bits per heavy atom. The maximum Gasteiger partial charge on any atom is 0.355 e. The molecule has 1 aromatic rings. The van der Waals surface area contributed by atoms with Gasteiger partial charge in [0.2, 0.25) is 0 Å². The van der Waals surface area contributed by atoms with E-state index >= 15 is 0 Å². The molecule has 6 heteroatoms. The van der Waals surface area contributed by atoms with Crippen LogP contribution in [0, 0.1) is 6.92 Å². The summed E-state index contributed by atoms with van der Waals surface area (Å²) in [6.07, 6.45) is -2.76. The van der Waals surface area contributed by atoms with Crippen LogP contribution in [-0.2, 0) is 0 Å². The minimum absolute atomic E-state index is 0.231. The second-order valence-electron chi connectivity index (χ2n) is 2.63. The summed E-state index contributed by atoms with van der Waals surface area (Å²) in [5.74, 6) is -1.33. The summed E-state index contributed by atoms with van der Waals surface area (Å²) in [7, 11) is 0. The first-order valence-corrected chi connectivity index (χ1v) is 4.41. The Balaban J connectivity index is 3.35. The number of aromatic carboxylic acids is 1. The minimum Gasteiger partial charge on any atom is -0.476 e. The molecular weight excluding hydrogens is 260 g/mol. The van der Waals surface area contributed by atoms with E-state index in [0.29, 0.717) is 5.56 Å². The highest BCUT2D eigenvalue weighted by Crippen LogP contribution is 2.25. The number of carboxylic acid groups (broad SMARTS) is 1. The predicted molar refractivity (Wildman–Crippen MR) is 48.6 cm³/mol. The molecule has 1 N–H and O–H groups in total. The van der Waals surface area contributed by atoms with Gasteiger partial charge < -0.3 is 5.11 Å². The third kappa shape index (κ3) is 2.06. The van der Waals surface area contributed by atoms with E-state index in [1.807, 2.05) is 0 Å². The van der Waals surface area contributed by atoms with E-state index in [1.54, 1.807) is 0 Å². The molecule has 1 rings (SSSR count). The van der Waals surface area contributed by atoms with Crippen LogP contribution in [0.5, 0.6) is 0 Å². The van der Waals surface area contributed by atoms with Crippen molar-refractivity contribution in [2.45, 2.75) is 13.3 Å². The molecule has 0 saturated carbocycles. The molecule has 14 heavy (non-hydrogen) atoms. The van der Waals surface area contributed by atoms with Gasteiger partial charge in [0.15, 0.2) is 5.69 Å². The maximum atomic E-state index is 12.3. The lowest BCUT2D eigenvalue weighted by atomic mass is 10.2. The van der Waals surface area contributed by atoms with Gasteiger partial charge in [0.1, 0.15) is 5.69 Å². The standard InChI is InChI=1S/C8H6BrF2NO2/c1-3-2-4(7(10)11)12-6(5(3)9)8(13)14/h2,7H,1H3,(H,13,14). The first kappa shape index (κ1) is 11.0. The molecule has 0 amide bonds. The van der Waals surface area contributed by atoms with E-state index in [0.717, 1.165) is 6.07 Å². The Kier molecular flexibility index (Phi) is 3.15. The SMILES string of the molecule is Cc1cc(C(F)F)nc(C(=O)O)c1Br. The summed E-state index contributed by atoms with van der Waals surface area (Å²) in [4.78, 5) is 13.9. The number of carbonyl (C=O) groups is 1. The van der Waals surface area contributed by atoms with Crippen molar-refractivity contribution in [3.05, 3.63) is 27.5 Å². The number of pyridine rings is 1. The van der Waals surface area contributed by atoms with Crippen LogP contribution in [0.3, 0.4) is 0 Å². The molecule has 0 aliphatic rings. The molecule has 0 atom stereocenters. The van der Waals surface area contributed by atoms with Crippen molar-refractivity contribution in [2.75, 3.05) is 0 Å². The van der Waals surface area contributed by atoms with Crippen LogP contribution in [0.2, 0.25) is 0 Å². The molecule has 1 heterocycles. The Morgan fingerprint density at radius 3 is 2.64 bits per heavy atom. The second-order valence-corrected chi connectivity index (χ2v) is 3.43. The van der Waals surface area contributed by atoms with Gasteiger partial charge in [-0.05, 0) is 34.5 Å². The first-order valence-electron chi connectivity index (χ1n) is 3.62. The van der Waals surface area contributed by atoms with Crippen molar-refractivity contribution >= 4 is 21.9 Å². The van der Waals surface area contributed by atoms with Crippen LogP contribution >= 0.6 is 15.9 Å². The summed E-state index contributed by atoms with van der Waals surface area (Å²) in [5, 5.41) is 8.66. The van der Waals surface area contributed by atoms with Gasteiger partial charge in [0, 0.05) is 0 Å². The zero-order chi connectivity index (χ0) is 10.9. The number of aromatic nitrogens is 1. The number of alkyl halides is 2. The van der Waals surface area contributed by atoms with Gasteiger partial charge in [-0.25, -0.2) is 18.6 Å². The van der Waals surface area contributed by atoms with Gasteiger partial charge in [-0.15, -0.1) is 0 Å². The lowest BCUT2D eigenvalue weighted by Crippen LogP contribution is -2.06. The van der Waals surface area contributed by atoms with Crippen molar-refractivity contribution in [1.82, 2.24) is 4.98 Å². The van der Waals surface area contributed by atoms with Crippen molar-refractivity contribution in [3.63, 3.8) is 0 Å². The van der Waals surface area contributed by atoms with Gasteiger partial charge in [-0.2, -0.15) is 0 Å². The van der Waals surface area contributed by atoms with Crippen LogP contribution in [0.4, 0.5) is 8.78 Å². The lowest BCUT2D eigenvalue weighted by molar-refractivity contribution is 0.0687. The maximum absolute atomic E-state index is 12.3. The molecule has 0 aliphatic heterocycles. The van der Waals surface area contributed by atoms with Crippen LogP contribution in [0.25, 0.3) is 0 Å². The van der Waals surface area contributed by atoms with Crippen LogP contribution in [-0.4, -0.2) is 16.1 Å². The fourth-order valence-electron chi connectivity index (χ4n) is 0.936.